The van der Waals surface area contributed by atoms with Crippen molar-refractivity contribution in [2.75, 3.05) is 17.6 Å². The highest BCUT2D eigenvalue weighted by Crippen LogP contribution is 2.25. The Morgan fingerprint density at radius 2 is 1.97 bits per heavy atom. The van der Waals surface area contributed by atoms with Gasteiger partial charge in [-0.25, -0.2) is 17.8 Å². The van der Waals surface area contributed by atoms with Gasteiger partial charge in [0.25, 0.3) is 0 Å². The van der Waals surface area contributed by atoms with Gasteiger partial charge >= 0.3 is 0 Å². The predicted molar refractivity (Wildman–Crippen MR) is 121 cm³/mol. The summed E-state index contributed by atoms with van der Waals surface area (Å²) in [4.78, 5) is 17.2. The second kappa shape index (κ2) is 11.2. The first kappa shape index (κ1) is 24.8. The predicted octanol–water partition coefficient (Wildman–Crippen LogP) is 4.78. The average Bonchev–Trinajstić information content (AvgIpc) is 2.70. The van der Waals surface area contributed by atoms with Gasteiger partial charge in [-0.2, -0.15) is 0 Å². The first-order chi connectivity index (χ1) is 14.6. The number of aryl methyl sites for hydroxylation is 2. The number of rotatable bonds is 12. The van der Waals surface area contributed by atoms with Gasteiger partial charge in [0.05, 0.1) is 18.6 Å². The van der Waals surface area contributed by atoms with Crippen molar-refractivity contribution < 1.29 is 22.3 Å². The lowest BCUT2D eigenvalue weighted by Gasteiger charge is -2.14. The Bertz CT molecular complexity index is 1010. The molecular formula is C23H31FN2O4S. The van der Waals surface area contributed by atoms with Crippen LogP contribution in [0.25, 0.3) is 0 Å². The Balaban J connectivity index is 2.03. The Kier molecular flexibility index (Phi) is 8.98. The molecule has 1 unspecified atom stereocenters. The molecule has 1 N–H and O–H groups in total. The molecule has 0 saturated carbocycles. The number of benzene rings is 1. The molecule has 0 bridgehead atoms. The summed E-state index contributed by atoms with van der Waals surface area (Å²) in [6.07, 6.45) is 4.85. The van der Waals surface area contributed by atoms with E-state index in [0.717, 1.165) is 36.8 Å². The number of ether oxygens (including phenoxy) is 1. The number of ketones is 1. The van der Waals surface area contributed by atoms with Gasteiger partial charge in [0.2, 0.25) is 15.9 Å². The van der Waals surface area contributed by atoms with E-state index in [-0.39, 0.29) is 17.9 Å². The van der Waals surface area contributed by atoms with Gasteiger partial charge in [0.1, 0.15) is 11.6 Å². The van der Waals surface area contributed by atoms with E-state index in [1.807, 2.05) is 19.1 Å². The van der Waals surface area contributed by atoms with E-state index in [1.54, 1.807) is 13.0 Å². The lowest BCUT2D eigenvalue weighted by atomic mass is 9.93. The number of pyridine rings is 1. The van der Waals surface area contributed by atoms with Gasteiger partial charge in [0.15, 0.2) is 0 Å². The molecule has 1 heterocycles. The monoisotopic (exact) mass is 450 g/mol. The molecule has 0 amide bonds. The van der Waals surface area contributed by atoms with Crippen LogP contribution in [0.5, 0.6) is 5.88 Å². The van der Waals surface area contributed by atoms with Crippen molar-refractivity contribution in [1.29, 1.82) is 0 Å². The number of unbranched alkanes of at least 4 members (excludes halogenated alkanes) is 2. The summed E-state index contributed by atoms with van der Waals surface area (Å²) in [6, 6.07) is 7.92. The molecule has 1 atom stereocenters. The molecule has 2 rings (SSSR count). The Labute approximate surface area is 184 Å². The maximum Gasteiger partial charge on any atom is 0.229 e. The van der Waals surface area contributed by atoms with Gasteiger partial charge in [-0.3, -0.25) is 9.52 Å². The largest absolute Gasteiger partial charge is 0.477 e. The van der Waals surface area contributed by atoms with Crippen LogP contribution in [-0.2, 0) is 21.2 Å². The zero-order valence-electron chi connectivity index (χ0n) is 18.6. The molecule has 0 aliphatic carbocycles. The van der Waals surface area contributed by atoms with E-state index in [1.165, 1.54) is 12.1 Å². The molecule has 31 heavy (non-hydrogen) atoms. The fourth-order valence-electron chi connectivity index (χ4n) is 3.14. The highest BCUT2D eigenvalue weighted by atomic mass is 32.2. The van der Waals surface area contributed by atoms with Crippen LogP contribution in [-0.4, -0.2) is 32.0 Å². The molecule has 0 spiro atoms. The van der Waals surface area contributed by atoms with E-state index in [4.69, 9.17) is 4.74 Å². The number of anilines is 1. The summed E-state index contributed by atoms with van der Waals surface area (Å²) in [6.45, 7) is 6.34. The lowest BCUT2D eigenvalue weighted by molar-refractivity contribution is -0.120. The third-order valence-electron chi connectivity index (χ3n) is 4.98. The quantitative estimate of drug-likeness (QED) is 0.471. The number of carbonyl (C=O) groups is 1. The normalized spacial score (nSPS) is 12.4. The molecule has 1 aromatic heterocycles. The van der Waals surface area contributed by atoms with Crippen LogP contribution in [0.1, 0.15) is 62.3 Å². The summed E-state index contributed by atoms with van der Waals surface area (Å²) in [7, 11) is -3.58. The summed E-state index contributed by atoms with van der Waals surface area (Å²) in [5, 5.41) is 0. The van der Waals surface area contributed by atoms with Crippen molar-refractivity contribution in [2.45, 2.75) is 58.8 Å². The number of hydrogen-bond donors (Lipinski definition) is 1. The van der Waals surface area contributed by atoms with Crippen molar-refractivity contribution in [3.05, 3.63) is 53.0 Å². The Morgan fingerprint density at radius 3 is 2.61 bits per heavy atom. The first-order valence-electron chi connectivity index (χ1n) is 10.5. The fourth-order valence-corrected chi connectivity index (χ4v) is 3.71. The Morgan fingerprint density at radius 1 is 1.23 bits per heavy atom. The van der Waals surface area contributed by atoms with Crippen LogP contribution in [0.3, 0.4) is 0 Å². The number of nitrogens with zero attached hydrogens (tertiary/aromatic N) is 1. The molecule has 6 nitrogen and oxygen atoms in total. The molecule has 170 valence electrons. The van der Waals surface area contributed by atoms with Gasteiger partial charge in [-0.1, -0.05) is 38.8 Å². The highest BCUT2D eigenvalue weighted by Gasteiger charge is 2.19. The molecule has 0 aliphatic rings. The zero-order valence-corrected chi connectivity index (χ0v) is 19.4. The molecule has 0 radical (unpaired) electrons. The van der Waals surface area contributed by atoms with Crippen LogP contribution < -0.4 is 9.46 Å². The summed E-state index contributed by atoms with van der Waals surface area (Å²) in [5.41, 5.74) is 2.09. The van der Waals surface area contributed by atoms with Crippen molar-refractivity contribution >= 4 is 21.5 Å². The average molecular weight is 451 g/mol. The standard InChI is InChI=1S/C23H31FN2O4S/c1-5-6-7-14-30-23-18(9-8-16(2)25-23)11-13-22(27)17(3)19-10-12-21(20(24)15-19)26-31(4,28)29/h8-10,12,15,17,26H,5-7,11,13-14H2,1-4H3. The van der Waals surface area contributed by atoms with Gasteiger partial charge in [0, 0.05) is 23.6 Å². The van der Waals surface area contributed by atoms with E-state index >= 15 is 0 Å². The first-order valence-corrected chi connectivity index (χ1v) is 12.4. The van der Waals surface area contributed by atoms with Gasteiger partial charge < -0.3 is 4.74 Å². The third-order valence-corrected chi connectivity index (χ3v) is 5.57. The topological polar surface area (TPSA) is 85.4 Å². The molecular weight excluding hydrogens is 419 g/mol. The van der Waals surface area contributed by atoms with Crippen LogP contribution in [0, 0.1) is 12.7 Å². The minimum Gasteiger partial charge on any atom is -0.477 e. The number of carbonyl (C=O) groups excluding carboxylic acids is 1. The van der Waals surface area contributed by atoms with E-state index in [0.29, 0.717) is 24.5 Å². The summed E-state index contributed by atoms with van der Waals surface area (Å²) >= 11 is 0. The van der Waals surface area contributed by atoms with Crippen LogP contribution >= 0.6 is 0 Å². The number of halogens is 1. The number of aromatic nitrogens is 1. The van der Waals surface area contributed by atoms with E-state index < -0.39 is 21.8 Å². The van der Waals surface area contributed by atoms with Crippen molar-refractivity contribution in [2.24, 2.45) is 0 Å². The number of sulfonamides is 1. The smallest absolute Gasteiger partial charge is 0.229 e. The Hall–Kier alpha value is -2.48. The van der Waals surface area contributed by atoms with Crippen LogP contribution in [0.4, 0.5) is 10.1 Å². The molecule has 0 aliphatic heterocycles. The minimum atomic E-state index is -3.58. The van der Waals surface area contributed by atoms with Gasteiger partial charge in [-0.15, -0.1) is 0 Å². The molecule has 2 aromatic rings. The molecule has 0 fully saturated rings. The maximum absolute atomic E-state index is 14.3. The lowest BCUT2D eigenvalue weighted by Crippen LogP contribution is -2.13. The zero-order chi connectivity index (χ0) is 23.0. The highest BCUT2D eigenvalue weighted by molar-refractivity contribution is 7.92. The summed E-state index contributed by atoms with van der Waals surface area (Å²) in [5.74, 6) is -0.707. The van der Waals surface area contributed by atoms with Crippen LogP contribution in [0.15, 0.2) is 30.3 Å². The van der Waals surface area contributed by atoms with E-state index in [2.05, 4.69) is 16.6 Å². The van der Waals surface area contributed by atoms with Crippen molar-refractivity contribution in [3.63, 3.8) is 0 Å². The van der Waals surface area contributed by atoms with Crippen molar-refractivity contribution in [3.8, 4) is 5.88 Å². The second-order valence-corrected chi connectivity index (χ2v) is 9.52. The maximum atomic E-state index is 14.3. The molecule has 8 heteroatoms. The van der Waals surface area contributed by atoms with Crippen molar-refractivity contribution in [1.82, 2.24) is 4.98 Å². The number of Topliss-reactive ketones (excluding diaryl/α,β-unsaturated/α-hetero) is 1. The molecule has 1 aromatic carbocycles. The van der Waals surface area contributed by atoms with E-state index in [9.17, 15) is 17.6 Å². The minimum absolute atomic E-state index is 0.0410. The SMILES string of the molecule is CCCCCOc1nc(C)ccc1CCC(=O)C(C)c1ccc(NS(C)(=O)=O)c(F)c1. The van der Waals surface area contributed by atoms with Crippen LogP contribution in [0.2, 0.25) is 0 Å². The van der Waals surface area contributed by atoms with Gasteiger partial charge in [-0.05, 0) is 43.5 Å². The second-order valence-electron chi connectivity index (χ2n) is 7.77. The number of hydrogen-bond acceptors (Lipinski definition) is 5. The fraction of sp³-hybridized carbons (Fsp3) is 0.478. The third kappa shape index (κ3) is 7.94. The number of nitrogens with one attached hydrogen (secondary N) is 1. The summed E-state index contributed by atoms with van der Waals surface area (Å²) < 4.78 is 44.8. The molecule has 0 saturated heterocycles.